The van der Waals surface area contributed by atoms with Gasteiger partial charge in [-0.1, -0.05) is 32.7 Å². The van der Waals surface area contributed by atoms with E-state index < -0.39 is 10.0 Å². The minimum Gasteiger partial charge on any atom is -0.210 e. The molecule has 0 spiro atoms. The molecule has 13 heavy (non-hydrogen) atoms. The highest BCUT2D eigenvalue weighted by molar-refractivity contribution is 9.22. The van der Waals surface area contributed by atoms with E-state index >= 15 is 0 Å². The van der Waals surface area contributed by atoms with E-state index in [9.17, 15) is 8.42 Å². The molecule has 3 nitrogen and oxygen atoms in total. The molecule has 1 aromatic carbocycles. The van der Waals surface area contributed by atoms with Gasteiger partial charge < -0.3 is 0 Å². The Balaban J connectivity index is 2.82. The topological polar surface area (TPSA) is 37.4 Å². The molecule has 1 aromatic rings. The van der Waals surface area contributed by atoms with Gasteiger partial charge in [-0.05, 0) is 5.56 Å². The molecule has 0 fully saturated rings. The van der Waals surface area contributed by atoms with Gasteiger partial charge in [0.2, 0.25) is 10.0 Å². The summed E-state index contributed by atoms with van der Waals surface area (Å²) in [4.78, 5) is 0. The molecule has 0 saturated heterocycles. The zero-order valence-corrected chi connectivity index (χ0v) is 10.5. The largest absolute Gasteiger partial charge is 0.237 e. The number of rotatable bonds is 3. The van der Waals surface area contributed by atoms with Crippen molar-refractivity contribution in [3.8, 4) is 0 Å². The molecule has 0 aromatic heterocycles. The standard InChI is InChI=1S/C7H7Br2NO2S/c8-10(9)13(11,12)6-7-4-2-1-3-5-7/h1-5H,6H2. The Labute approximate surface area is 94.5 Å². The number of nitrogens with zero attached hydrogens (tertiary/aromatic N) is 1. The average Bonchev–Trinajstić information content (AvgIpc) is 2.05. The smallest absolute Gasteiger partial charge is 0.210 e. The molecule has 0 amide bonds. The van der Waals surface area contributed by atoms with Crippen LogP contribution in [0.15, 0.2) is 30.3 Å². The van der Waals surface area contributed by atoms with Gasteiger partial charge in [-0.2, -0.15) is 0 Å². The van der Waals surface area contributed by atoms with E-state index in [1.54, 1.807) is 24.3 Å². The minimum atomic E-state index is -3.28. The quantitative estimate of drug-likeness (QED) is 0.799. The minimum absolute atomic E-state index is 0.0235. The summed E-state index contributed by atoms with van der Waals surface area (Å²) in [6, 6.07) is 8.98. The summed E-state index contributed by atoms with van der Waals surface area (Å²) in [5.41, 5.74) is 0.756. The Morgan fingerprint density at radius 2 is 1.69 bits per heavy atom. The summed E-state index contributed by atoms with van der Waals surface area (Å²) >= 11 is 5.63. The van der Waals surface area contributed by atoms with Crippen LogP contribution in [0, 0.1) is 0 Å². The van der Waals surface area contributed by atoms with Crippen LogP contribution >= 0.6 is 32.3 Å². The van der Waals surface area contributed by atoms with Crippen molar-refractivity contribution < 1.29 is 8.42 Å². The van der Waals surface area contributed by atoms with Gasteiger partial charge in [0.05, 0.1) is 5.75 Å². The molecule has 0 heterocycles. The van der Waals surface area contributed by atoms with Crippen LogP contribution in [0.3, 0.4) is 0 Å². The summed E-state index contributed by atoms with van der Waals surface area (Å²) in [6.45, 7) is 0. The van der Waals surface area contributed by atoms with E-state index in [1.807, 2.05) is 6.07 Å². The van der Waals surface area contributed by atoms with E-state index in [-0.39, 0.29) is 5.75 Å². The van der Waals surface area contributed by atoms with Crippen LogP contribution in [-0.4, -0.2) is 10.8 Å². The van der Waals surface area contributed by atoms with Crippen LogP contribution in [0.5, 0.6) is 0 Å². The molecule has 0 aliphatic rings. The summed E-state index contributed by atoms with van der Waals surface area (Å²) in [6.07, 6.45) is 0. The summed E-state index contributed by atoms with van der Waals surface area (Å²) in [5.74, 6) is -0.0235. The van der Waals surface area contributed by atoms with Crippen LogP contribution in [0.2, 0.25) is 0 Å². The molecule has 0 N–H and O–H groups in total. The first-order valence-corrected chi connectivity index (χ1v) is 6.43. The van der Waals surface area contributed by atoms with Crippen molar-refractivity contribution in [3.63, 3.8) is 0 Å². The van der Waals surface area contributed by atoms with Gasteiger partial charge in [-0.25, -0.2) is 8.42 Å². The molecule has 6 heteroatoms. The molecular formula is C7H7Br2NO2S. The predicted octanol–water partition coefficient (Wildman–Crippen LogP) is 2.44. The summed E-state index contributed by atoms with van der Waals surface area (Å²) < 4.78 is 23.5. The zero-order valence-electron chi connectivity index (χ0n) is 6.52. The first-order valence-electron chi connectivity index (χ1n) is 3.41. The van der Waals surface area contributed by atoms with Crippen LogP contribution in [0.4, 0.5) is 0 Å². The van der Waals surface area contributed by atoms with Crippen molar-refractivity contribution in [3.05, 3.63) is 35.9 Å². The van der Waals surface area contributed by atoms with E-state index in [0.717, 1.165) is 7.92 Å². The molecule has 0 atom stereocenters. The van der Waals surface area contributed by atoms with Gasteiger partial charge in [0, 0.05) is 32.3 Å². The third kappa shape index (κ3) is 3.38. The lowest BCUT2D eigenvalue weighted by Gasteiger charge is -2.06. The second-order valence-electron chi connectivity index (χ2n) is 2.41. The number of hydrogen-bond acceptors (Lipinski definition) is 2. The highest BCUT2D eigenvalue weighted by atomic mass is 79.9. The lowest BCUT2D eigenvalue weighted by molar-refractivity contribution is 0.584. The maximum atomic E-state index is 11.3. The third-order valence-corrected chi connectivity index (χ3v) is 5.17. The molecule has 0 unspecified atom stereocenters. The van der Waals surface area contributed by atoms with Crippen molar-refractivity contribution >= 4 is 42.3 Å². The average molecular weight is 329 g/mol. The fourth-order valence-corrected chi connectivity index (χ4v) is 2.16. The van der Waals surface area contributed by atoms with Gasteiger partial charge in [-0.15, -0.1) is 0 Å². The third-order valence-electron chi connectivity index (χ3n) is 1.40. The molecule has 0 radical (unpaired) electrons. The normalized spacial score (nSPS) is 11.9. The Morgan fingerprint density at radius 3 is 2.15 bits per heavy atom. The fraction of sp³-hybridized carbons (Fsp3) is 0.143. The molecule has 1 rings (SSSR count). The van der Waals surface area contributed by atoms with E-state index in [1.165, 1.54) is 0 Å². The van der Waals surface area contributed by atoms with Gasteiger partial charge in [0.15, 0.2) is 0 Å². The van der Waals surface area contributed by atoms with Gasteiger partial charge in [0.1, 0.15) is 0 Å². The lowest BCUT2D eigenvalue weighted by Crippen LogP contribution is -2.13. The summed E-state index contributed by atoms with van der Waals surface area (Å²) in [5, 5.41) is 0. The second-order valence-corrected chi connectivity index (χ2v) is 7.54. The van der Waals surface area contributed by atoms with Crippen LogP contribution in [-0.2, 0) is 15.8 Å². The monoisotopic (exact) mass is 327 g/mol. The van der Waals surface area contributed by atoms with Crippen molar-refractivity contribution in [2.75, 3.05) is 0 Å². The van der Waals surface area contributed by atoms with Gasteiger partial charge in [0.25, 0.3) is 0 Å². The zero-order chi connectivity index (χ0) is 9.90. The molecule has 0 bridgehead atoms. The first kappa shape index (κ1) is 11.2. The maximum absolute atomic E-state index is 11.3. The fourth-order valence-electron chi connectivity index (χ4n) is 0.834. The number of hydrogen-bond donors (Lipinski definition) is 0. The Hall–Kier alpha value is 0.0900. The van der Waals surface area contributed by atoms with Gasteiger partial charge in [-0.3, -0.25) is 0 Å². The number of halogens is 2. The predicted molar refractivity (Wildman–Crippen MR) is 58.8 cm³/mol. The van der Waals surface area contributed by atoms with E-state index in [4.69, 9.17) is 0 Å². The molecule has 0 saturated carbocycles. The Bertz CT molecular complexity index is 363. The summed E-state index contributed by atoms with van der Waals surface area (Å²) in [7, 11) is -3.28. The van der Waals surface area contributed by atoms with E-state index in [0.29, 0.717) is 0 Å². The Morgan fingerprint density at radius 1 is 1.15 bits per heavy atom. The molecule has 72 valence electrons. The Kier molecular flexibility index (Phi) is 3.90. The van der Waals surface area contributed by atoms with Crippen LogP contribution in [0.25, 0.3) is 0 Å². The first-order chi connectivity index (χ1) is 6.02. The van der Waals surface area contributed by atoms with E-state index in [2.05, 4.69) is 32.3 Å². The van der Waals surface area contributed by atoms with Crippen molar-refractivity contribution in [2.45, 2.75) is 5.75 Å². The number of benzene rings is 1. The lowest BCUT2D eigenvalue weighted by atomic mass is 10.2. The van der Waals surface area contributed by atoms with Crippen molar-refractivity contribution in [2.24, 2.45) is 0 Å². The highest BCUT2D eigenvalue weighted by Gasteiger charge is 2.17. The second kappa shape index (κ2) is 4.54. The van der Waals surface area contributed by atoms with Crippen LogP contribution in [0.1, 0.15) is 5.56 Å². The SMILES string of the molecule is O=S(=O)(Cc1ccccc1)N(Br)Br. The van der Waals surface area contributed by atoms with Crippen LogP contribution < -0.4 is 0 Å². The molecule has 0 aliphatic carbocycles. The van der Waals surface area contributed by atoms with Gasteiger partial charge >= 0.3 is 0 Å². The number of sulfonamides is 1. The van der Waals surface area contributed by atoms with Crippen molar-refractivity contribution in [1.29, 1.82) is 0 Å². The highest BCUT2D eigenvalue weighted by Crippen LogP contribution is 2.17. The molecule has 0 aliphatic heterocycles. The molecular weight excluding hydrogens is 322 g/mol. The maximum Gasteiger partial charge on any atom is 0.237 e. The van der Waals surface area contributed by atoms with Crippen molar-refractivity contribution in [1.82, 2.24) is 2.36 Å².